The normalized spacial score (nSPS) is 20.5. The van der Waals surface area contributed by atoms with Crippen molar-refractivity contribution < 1.29 is 44.7 Å². The molecule has 0 amide bonds. The molecular weight excluding hydrogens is 509 g/mol. The van der Waals surface area contributed by atoms with Gasteiger partial charge in [-0.1, -0.05) is 25.8 Å². The van der Waals surface area contributed by atoms with Crippen LogP contribution in [0, 0.1) is 17.6 Å². The Morgan fingerprint density at radius 1 is 0.861 bits per heavy atom. The smallest absolute Gasteiger partial charge is 0.424 e. The van der Waals surface area contributed by atoms with Crippen molar-refractivity contribution in [3.63, 3.8) is 0 Å². The van der Waals surface area contributed by atoms with Crippen molar-refractivity contribution in [3.05, 3.63) is 29.3 Å². The molecule has 1 aliphatic rings. The Labute approximate surface area is 209 Å². The number of hydrogen-bond donors (Lipinski definition) is 0. The molecule has 11 heteroatoms. The van der Waals surface area contributed by atoms with Gasteiger partial charge in [0.15, 0.2) is 11.6 Å². The summed E-state index contributed by atoms with van der Waals surface area (Å²) in [5.41, 5.74) is -8.70. The highest BCUT2D eigenvalue weighted by atomic mass is 31.2. The first-order chi connectivity index (χ1) is 16.2. The summed E-state index contributed by atoms with van der Waals surface area (Å²) in [6.45, 7) is 9.43. The van der Waals surface area contributed by atoms with Crippen molar-refractivity contribution in [2.75, 3.05) is 0 Å². The second-order valence-electron chi connectivity index (χ2n) is 11.4. The molecule has 1 saturated carbocycles. The summed E-state index contributed by atoms with van der Waals surface area (Å²) in [4.78, 5) is 0. The highest BCUT2D eigenvalue weighted by molar-refractivity contribution is 7.55. The molecule has 0 atom stereocenters. The number of benzene rings is 1. The Bertz CT molecular complexity index is 927. The summed E-state index contributed by atoms with van der Waals surface area (Å²) in [7, 11) is -5.92. The molecule has 1 fully saturated rings. The minimum Gasteiger partial charge on any atom is -0.424 e. The molecule has 1 aromatic rings. The molecule has 0 unspecified atom stereocenters. The molecule has 0 spiro atoms. The Hall–Kier alpha value is -1.25. The van der Waals surface area contributed by atoms with Crippen LogP contribution in [0.15, 0.2) is 12.1 Å². The third-order valence-corrected chi connectivity index (χ3v) is 8.30. The standard InChI is InChI=1S/C25H37F6O4P/c1-8-9-16-10-12-17(13-11-16)18-14-15-19(21(27)20(18)26)33-24(28,29)25(30,31)36(32,34-22(2,3)4)35-23(5,6)7/h14-17H,8-13H2,1-7H3. The predicted molar refractivity (Wildman–Crippen MR) is 126 cm³/mol. The first-order valence-corrected chi connectivity index (χ1v) is 13.7. The second kappa shape index (κ2) is 10.9. The second-order valence-corrected chi connectivity index (χ2v) is 13.3. The number of rotatable bonds is 9. The Kier molecular flexibility index (Phi) is 9.34. The van der Waals surface area contributed by atoms with E-state index in [9.17, 15) is 22.1 Å². The number of alkyl halides is 4. The van der Waals surface area contributed by atoms with Crippen LogP contribution in [0.4, 0.5) is 26.3 Å². The summed E-state index contributed by atoms with van der Waals surface area (Å²) in [5, 5.41) is 0. The summed E-state index contributed by atoms with van der Waals surface area (Å²) in [5.74, 6) is -4.49. The average Bonchev–Trinajstić information content (AvgIpc) is 2.69. The van der Waals surface area contributed by atoms with Crippen LogP contribution in [0.2, 0.25) is 0 Å². The van der Waals surface area contributed by atoms with Gasteiger partial charge in [-0.05, 0) is 90.7 Å². The molecule has 0 heterocycles. The summed E-state index contributed by atoms with van der Waals surface area (Å²) < 4.78 is 116. The lowest BCUT2D eigenvalue weighted by atomic mass is 9.77. The number of ether oxygens (including phenoxy) is 1. The third-order valence-electron chi connectivity index (χ3n) is 5.78. The summed E-state index contributed by atoms with van der Waals surface area (Å²) >= 11 is 0. The van der Waals surface area contributed by atoms with Crippen molar-refractivity contribution in [3.8, 4) is 5.75 Å². The van der Waals surface area contributed by atoms with Crippen LogP contribution in [0.3, 0.4) is 0 Å². The van der Waals surface area contributed by atoms with E-state index in [4.69, 9.17) is 9.05 Å². The molecule has 2 rings (SSSR count). The van der Waals surface area contributed by atoms with Crippen molar-refractivity contribution in [2.24, 2.45) is 5.92 Å². The molecular formula is C25H37F6O4P. The average molecular weight is 547 g/mol. The van der Waals surface area contributed by atoms with Crippen LogP contribution >= 0.6 is 7.60 Å². The Morgan fingerprint density at radius 3 is 1.81 bits per heavy atom. The van der Waals surface area contributed by atoms with E-state index in [1.807, 2.05) is 0 Å². The van der Waals surface area contributed by atoms with Gasteiger partial charge < -0.3 is 4.74 Å². The third kappa shape index (κ3) is 7.19. The number of halogens is 6. The molecule has 0 aliphatic heterocycles. The van der Waals surface area contributed by atoms with Crippen LogP contribution in [0.1, 0.15) is 98.5 Å². The van der Waals surface area contributed by atoms with E-state index < -0.39 is 48.0 Å². The van der Waals surface area contributed by atoms with Crippen LogP contribution in [-0.4, -0.2) is 23.0 Å². The quantitative estimate of drug-likeness (QED) is 0.229. The molecule has 1 aromatic carbocycles. The van der Waals surface area contributed by atoms with Gasteiger partial charge in [0.2, 0.25) is 5.82 Å². The van der Waals surface area contributed by atoms with E-state index in [1.54, 1.807) is 0 Å². The highest BCUT2D eigenvalue weighted by Gasteiger charge is 2.74. The van der Waals surface area contributed by atoms with Gasteiger partial charge >= 0.3 is 19.4 Å². The lowest BCUT2D eigenvalue weighted by Gasteiger charge is -2.37. The zero-order valence-electron chi connectivity index (χ0n) is 21.9. The first kappa shape index (κ1) is 31.0. The molecule has 0 saturated heterocycles. The van der Waals surface area contributed by atoms with Crippen LogP contribution in [-0.2, 0) is 13.6 Å². The molecule has 0 bridgehead atoms. The first-order valence-electron chi connectivity index (χ1n) is 12.2. The summed E-state index contributed by atoms with van der Waals surface area (Å²) in [6.07, 6.45) is -0.622. The van der Waals surface area contributed by atoms with Crippen molar-refractivity contribution in [1.29, 1.82) is 0 Å². The van der Waals surface area contributed by atoms with E-state index in [0.29, 0.717) is 24.8 Å². The van der Waals surface area contributed by atoms with Crippen molar-refractivity contribution >= 4 is 7.60 Å². The van der Waals surface area contributed by atoms with Gasteiger partial charge in [-0.25, -0.2) is 4.39 Å². The maximum Gasteiger partial charge on any atom is 0.477 e. The lowest BCUT2D eigenvalue weighted by Crippen LogP contribution is -2.48. The van der Waals surface area contributed by atoms with Gasteiger partial charge in [0, 0.05) is 0 Å². The van der Waals surface area contributed by atoms with Gasteiger partial charge in [-0.15, -0.1) is 0 Å². The SMILES string of the molecule is CCCC1CCC(c2ccc(OC(F)(F)C(F)(F)P(=O)(OC(C)(C)C)OC(C)(C)C)c(F)c2F)CC1. The minimum absolute atomic E-state index is 0.0114. The minimum atomic E-state index is -5.92. The van der Waals surface area contributed by atoms with Crippen molar-refractivity contribution in [1.82, 2.24) is 0 Å². The highest BCUT2D eigenvalue weighted by Crippen LogP contribution is 2.70. The van der Waals surface area contributed by atoms with E-state index >= 15 is 8.78 Å². The largest absolute Gasteiger partial charge is 0.477 e. The van der Waals surface area contributed by atoms with E-state index in [0.717, 1.165) is 31.7 Å². The predicted octanol–water partition coefficient (Wildman–Crippen LogP) is 9.43. The maximum absolute atomic E-state index is 15.1. The molecule has 0 N–H and O–H groups in total. The van der Waals surface area contributed by atoms with E-state index in [-0.39, 0.29) is 11.5 Å². The van der Waals surface area contributed by atoms with Gasteiger partial charge in [0.1, 0.15) is 0 Å². The Morgan fingerprint density at radius 2 is 1.36 bits per heavy atom. The number of hydrogen-bond acceptors (Lipinski definition) is 4. The lowest BCUT2D eigenvalue weighted by molar-refractivity contribution is -0.283. The topological polar surface area (TPSA) is 44.8 Å². The van der Waals surface area contributed by atoms with Crippen LogP contribution < -0.4 is 4.74 Å². The van der Waals surface area contributed by atoms with Gasteiger partial charge in [-0.3, -0.25) is 13.6 Å². The molecule has 36 heavy (non-hydrogen) atoms. The fraction of sp³-hybridized carbons (Fsp3) is 0.760. The van der Waals surface area contributed by atoms with Crippen LogP contribution in [0.5, 0.6) is 5.75 Å². The van der Waals surface area contributed by atoms with Crippen LogP contribution in [0.25, 0.3) is 0 Å². The molecule has 0 radical (unpaired) electrons. The zero-order valence-corrected chi connectivity index (χ0v) is 22.8. The van der Waals surface area contributed by atoms with Crippen molar-refractivity contribution in [2.45, 2.75) is 116 Å². The summed E-state index contributed by atoms with van der Waals surface area (Å²) in [6, 6.07) is 1.76. The van der Waals surface area contributed by atoms with Gasteiger partial charge in [0.25, 0.3) is 0 Å². The fourth-order valence-electron chi connectivity index (χ4n) is 4.32. The fourth-order valence-corrected chi connectivity index (χ4v) is 6.40. The molecule has 208 valence electrons. The molecule has 1 aliphatic carbocycles. The zero-order chi connectivity index (χ0) is 27.7. The monoisotopic (exact) mass is 546 g/mol. The van der Waals surface area contributed by atoms with E-state index in [2.05, 4.69) is 11.7 Å². The van der Waals surface area contributed by atoms with Gasteiger partial charge in [-0.2, -0.15) is 22.0 Å². The maximum atomic E-state index is 15.1. The Balaban J connectivity index is 2.35. The molecule has 4 nitrogen and oxygen atoms in total. The van der Waals surface area contributed by atoms with E-state index in [1.165, 1.54) is 41.5 Å². The molecule has 0 aromatic heterocycles. The van der Waals surface area contributed by atoms with Gasteiger partial charge in [0.05, 0.1) is 11.2 Å².